The van der Waals surface area contributed by atoms with E-state index < -0.39 is 21.8 Å². The number of rotatable bonds is 9. The van der Waals surface area contributed by atoms with E-state index in [2.05, 4.69) is 5.32 Å². The molecule has 1 fully saturated rings. The van der Waals surface area contributed by atoms with Crippen molar-refractivity contribution in [2.45, 2.75) is 56.8 Å². The summed E-state index contributed by atoms with van der Waals surface area (Å²) in [5, 5.41) is 2.99. The number of carbonyl (C=O) groups excluding carboxylic acids is 1. The molecule has 0 aliphatic heterocycles. The Morgan fingerprint density at radius 1 is 0.897 bits per heavy atom. The number of nitrogens with zero attached hydrogens (tertiary/aromatic N) is 1. The summed E-state index contributed by atoms with van der Waals surface area (Å²) in [7, 11) is -4.05. The Morgan fingerprint density at radius 3 is 2.15 bits per heavy atom. The minimum atomic E-state index is -4.59. The number of benzene rings is 3. The van der Waals surface area contributed by atoms with E-state index in [1.165, 1.54) is 30.3 Å². The van der Waals surface area contributed by atoms with Crippen LogP contribution in [0.25, 0.3) is 0 Å². The van der Waals surface area contributed by atoms with Crippen LogP contribution in [0.3, 0.4) is 0 Å². The number of alkyl halides is 3. The van der Waals surface area contributed by atoms with E-state index >= 15 is 0 Å². The lowest BCUT2D eigenvalue weighted by Crippen LogP contribution is -2.38. The summed E-state index contributed by atoms with van der Waals surface area (Å²) < 4.78 is 69.3. The second kappa shape index (κ2) is 12.3. The van der Waals surface area contributed by atoms with E-state index in [0.717, 1.165) is 21.5 Å². The van der Waals surface area contributed by atoms with Gasteiger partial charge in [-0.2, -0.15) is 17.5 Å². The number of hydrogen-bond acceptors (Lipinski definition) is 3. The summed E-state index contributed by atoms with van der Waals surface area (Å²) in [6.07, 6.45) is -2.16. The smallest absolute Gasteiger partial charge is 0.352 e. The van der Waals surface area contributed by atoms with Gasteiger partial charge in [0.2, 0.25) is 15.9 Å². The Morgan fingerprint density at radius 2 is 1.51 bits per heavy atom. The molecule has 0 bridgehead atoms. The first kappa shape index (κ1) is 28.8. The van der Waals surface area contributed by atoms with Crippen LogP contribution in [-0.2, 0) is 34.1 Å². The fraction of sp³-hybridized carbons (Fsp3) is 0.367. The fourth-order valence-corrected chi connectivity index (χ4v) is 6.56. The van der Waals surface area contributed by atoms with Crippen LogP contribution in [0.5, 0.6) is 0 Å². The molecule has 1 saturated carbocycles. The summed E-state index contributed by atoms with van der Waals surface area (Å²) in [4.78, 5) is 12.8. The van der Waals surface area contributed by atoms with Gasteiger partial charge in [-0.05, 0) is 67.9 Å². The van der Waals surface area contributed by atoms with Gasteiger partial charge in [0, 0.05) is 25.6 Å². The van der Waals surface area contributed by atoms with Crippen LogP contribution < -0.4 is 5.32 Å². The van der Waals surface area contributed by atoms with Crippen molar-refractivity contribution < 1.29 is 26.4 Å². The summed E-state index contributed by atoms with van der Waals surface area (Å²) in [5.41, 5.74) is 1.23. The van der Waals surface area contributed by atoms with Gasteiger partial charge < -0.3 is 5.32 Å². The maximum atomic E-state index is 13.7. The molecule has 0 heterocycles. The van der Waals surface area contributed by atoms with Crippen molar-refractivity contribution in [3.63, 3.8) is 0 Å². The summed E-state index contributed by atoms with van der Waals surface area (Å²) >= 11 is 0. The SMILES string of the molecule is Cc1ccc(CNC(=O)C2CCC(CN(Cc3ccccc3C(F)(F)F)S(=O)(=O)c3ccccc3)CC2)cc1. The van der Waals surface area contributed by atoms with Crippen LogP contribution >= 0.6 is 0 Å². The lowest BCUT2D eigenvalue weighted by molar-refractivity contribution is -0.138. The van der Waals surface area contributed by atoms with E-state index in [1.54, 1.807) is 18.2 Å². The molecule has 1 N–H and O–H groups in total. The molecule has 0 spiro atoms. The zero-order valence-electron chi connectivity index (χ0n) is 21.8. The molecule has 4 rings (SSSR count). The quantitative estimate of drug-likeness (QED) is 0.334. The van der Waals surface area contributed by atoms with Gasteiger partial charge in [0.25, 0.3) is 0 Å². The summed E-state index contributed by atoms with van der Waals surface area (Å²) in [6, 6.07) is 20.8. The Kier molecular flexibility index (Phi) is 9.12. The van der Waals surface area contributed by atoms with Crippen LogP contribution in [0.1, 0.15) is 47.9 Å². The van der Waals surface area contributed by atoms with Crippen molar-refractivity contribution in [2.75, 3.05) is 6.54 Å². The van der Waals surface area contributed by atoms with Crippen molar-refractivity contribution in [3.8, 4) is 0 Å². The summed E-state index contributed by atoms with van der Waals surface area (Å²) in [6.45, 7) is 2.15. The molecule has 1 aliphatic rings. The van der Waals surface area contributed by atoms with Crippen molar-refractivity contribution >= 4 is 15.9 Å². The number of aryl methyl sites for hydroxylation is 1. The minimum absolute atomic E-state index is 0.0260. The Hall–Kier alpha value is -3.17. The lowest BCUT2D eigenvalue weighted by atomic mass is 9.81. The molecule has 1 aliphatic carbocycles. The van der Waals surface area contributed by atoms with Gasteiger partial charge in [0.15, 0.2) is 0 Å². The highest BCUT2D eigenvalue weighted by Gasteiger charge is 2.36. The van der Waals surface area contributed by atoms with E-state index in [4.69, 9.17) is 0 Å². The third-order valence-electron chi connectivity index (χ3n) is 7.32. The van der Waals surface area contributed by atoms with Gasteiger partial charge in [-0.1, -0.05) is 66.2 Å². The van der Waals surface area contributed by atoms with E-state index in [-0.39, 0.29) is 41.3 Å². The number of carbonyl (C=O) groups is 1. The topological polar surface area (TPSA) is 66.5 Å². The molecule has 9 heteroatoms. The molecule has 0 radical (unpaired) electrons. The van der Waals surface area contributed by atoms with Crippen LogP contribution in [0.4, 0.5) is 13.2 Å². The van der Waals surface area contributed by atoms with Crippen molar-refractivity contribution in [3.05, 3.63) is 101 Å². The Balaban J connectivity index is 1.45. The average Bonchev–Trinajstić information content (AvgIpc) is 2.93. The molecule has 5 nitrogen and oxygen atoms in total. The Bertz CT molecular complexity index is 1350. The largest absolute Gasteiger partial charge is 0.416 e. The van der Waals surface area contributed by atoms with Crippen LogP contribution in [0.15, 0.2) is 83.8 Å². The molecular weight excluding hydrogens is 525 g/mol. The third kappa shape index (κ3) is 7.48. The maximum absolute atomic E-state index is 13.7. The van der Waals surface area contributed by atoms with E-state index in [0.29, 0.717) is 32.2 Å². The third-order valence-corrected chi connectivity index (χ3v) is 9.14. The van der Waals surface area contributed by atoms with E-state index in [9.17, 15) is 26.4 Å². The molecule has 208 valence electrons. The highest BCUT2D eigenvalue weighted by atomic mass is 32.2. The second-order valence-electron chi connectivity index (χ2n) is 10.2. The Labute approximate surface area is 228 Å². The second-order valence-corrected chi connectivity index (χ2v) is 12.1. The molecule has 0 unspecified atom stereocenters. The predicted molar refractivity (Wildman–Crippen MR) is 144 cm³/mol. The molecule has 3 aromatic rings. The van der Waals surface area contributed by atoms with Gasteiger partial charge in [-0.3, -0.25) is 4.79 Å². The minimum Gasteiger partial charge on any atom is -0.352 e. The van der Waals surface area contributed by atoms with Crippen LogP contribution in [-0.4, -0.2) is 25.2 Å². The highest BCUT2D eigenvalue weighted by Crippen LogP contribution is 2.35. The normalized spacial score (nSPS) is 18.2. The first-order chi connectivity index (χ1) is 18.5. The van der Waals surface area contributed by atoms with Crippen molar-refractivity contribution in [1.29, 1.82) is 0 Å². The molecule has 0 aromatic heterocycles. The molecule has 3 aromatic carbocycles. The molecule has 0 saturated heterocycles. The average molecular weight is 559 g/mol. The zero-order valence-corrected chi connectivity index (χ0v) is 22.6. The first-order valence-corrected chi connectivity index (χ1v) is 14.5. The van der Waals surface area contributed by atoms with Gasteiger partial charge in [0.05, 0.1) is 10.5 Å². The monoisotopic (exact) mass is 558 g/mol. The van der Waals surface area contributed by atoms with Gasteiger partial charge in [0.1, 0.15) is 0 Å². The first-order valence-electron chi connectivity index (χ1n) is 13.1. The van der Waals surface area contributed by atoms with E-state index in [1.807, 2.05) is 31.2 Å². The van der Waals surface area contributed by atoms with Gasteiger partial charge in [-0.15, -0.1) is 0 Å². The number of hydrogen-bond donors (Lipinski definition) is 1. The number of sulfonamides is 1. The van der Waals surface area contributed by atoms with Gasteiger partial charge in [-0.25, -0.2) is 8.42 Å². The molecular formula is C30H33F3N2O3S. The lowest BCUT2D eigenvalue weighted by Gasteiger charge is -2.32. The highest BCUT2D eigenvalue weighted by molar-refractivity contribution is 7.89. The standard InChI is InChI=1S/C30H33F3N2O3S/c1-22-11-13-23(14-12-22)19-34-29(36)25-17-15-24(16-18-25)20-35(39(37,38)27-8-3-2-4-9-27)21-26-7-5-6-10-28(26)30(31,32)33/h2-14,24-25H,15-21H2,1H3,(H,34,36). The maximum Gasteiger partial charge on any atom is 0.416 e. The van der Waals surface area contributed by atoms with Gasteiger partial charge >= 0.3 is 6.18 Å². The number of halogens is 3. The molecule has 0 atom stereocenters. The predicted octanol–water partition coefficient (Wildman–Crippen LogP) is 6.33. The number of nitrogens with one attached hydrogen (secondary N) is 1. The van der Waals surface area contributed by atoms with Crippen molar-refractivity contribution in [1.82, 2.24) is 9.62 Å². The van der Waals surface area contributed by atoms with Crippen molar-refractivity contribution in [2.24, 2.45) is 11.8 Å². The fourth-order valence-electron chi connectivity index (χ4n) is 5.05. The zero-order chi connectivity index (χ0) is 28.0. The molecule has 1 amide bonds. The van der Waals surface area contributed by atoms with Crippen LogP contribution in [0.2, 0.25) is 0 Å². The molecule has 39 heavy (non-hydrogen) atoms. The van der Waals surface area contributed by atoms with Crippen LogP contribution in [0, 0.1) is 18.8 Å². The summed E-state index contributed by atoms with van der Waals surface area (Å²) in [5.74, 6) is -0.263. The number of amides is 1.